The van der Waals surface area contributed by atoms with Crippen molar-refractivity contribution in [3.05, 3.63) is 23.0 Å². The number of fused-ring (bicyclic) bond motifs is 1. The summed E-state index contributed by atoms with van der Waals surface area (Å²) in [6.07, 6.45) is 7.93. The maximum Gasteiger partial charge on any atom is 0.278 e. The normalized spacial score (nSPS) is 21.5. The molecule has 0 spiro atoms. The third-order valence-electron chi connectivity index (χ3n) is 7.30. The Morgan fingerprint density at radius 2 is 1.50 bits per heavy atom. The van der Waals surface area contributed by atoms with Crippen LogP contribution in [0.5, 0.6) is 0 Å². The summed E-state index contributed by atoms with van der Waals surface area (Å²) >= 11 is 0. The number of ether oxygens (including phenoxy) is 1. The van der Waals surface area contributed by atoms with Crippen molar-refractivity contribution in [1.82, 2.24) is 19.5 Å². The summed E-state index contributed by atoms with van der Waals surface area (Å²) in [6.45, 7) is 14.3. The second-order valence-electron chi connectivity index (χ2n) is 10.4. The van der Waals surface area contributed by atoms with Gasteiger partial charge in [0.1, 0.15) is 18.3 Å². The molecule has 13 nitrogen and oxygen atoms in total. The number of aliphatic hydroxyl groups is 2. The third kappa shape index (κ3) is 9.86. The van der Waals surface area contributed by atoms with Crippen molar-refractivity contribution in [3.63, 3.8) is 0 Å². The van der Waals surface area contributed by atoms with Crippen molar-refractivity contribution in [2.75, 3.05) is 32.8 Å². The van der Waals surface area contributed by atoms with Gasteiger partial charge in [-0.2, -0.15) is 0 Å². The summed E-state index contributed by atoms with van der Waals surface area (Å²) in [4.78, 5) is 21.7. The zero-order valence-electron chi connectivity index (χ0n) is 24.2. The molecule has 0 radical (unpaired) electrons. The molecular formula is C26H47N5O8S. The molecule has 4 unspecified atom stereocenters. The smallest absolute Gasteiger partial charge is 0.278 e. The molecule has 3 heterocycles. The Bertz CT molecular complexity index is 1130. The van der Waals surface area contributed by atoms with Gasteiger partial charge in [0.15, 0.2) is 17.4 Å². The molecule has 1 fully saturated rings. The minimum absolute atomic E-state index is 0.000347. The van der Waals surface area contributed by atoms with Crippen molar-refractivity contribution >= 4 is 21.6 Å². The predicted molar refractivity (Wildman–Crippen MR) is 149 cm³/mol. The average Bonchev–Trinajstić information content (AvgIpc) is 3.48. The van der Waals surface area contributed by atoms with Gasteiger partial charge in [0.25, 0.3) is 5.56 Å². The highest BCUT2D eigenvalue weighted by atomic mass is 32.3. The van der Waals surface area contributed by atoms with E-state index in [1.807, 2.05) is 0 Å². The Morgan fingerprint density at radius 3 is 1.98 bits per heavy atom. The molecule has 1 aliphatic heterocycles. The topological polar surface area (TPSA) is 180 Å². The van der Waals surface area contributed by atoms with Crippen LogP contribution in [0, 0.1) is 0 Å². The molecule has 0 saturated carbocycles. The highest BCUT2D eigenvalue weighted by Gasteiger charge is 2.44. The van der Waals surface area contributed by atoms with Crippen LogP contribution < -0.4 is 5.56 Å². The molecule has 40 heavy (non-hydrogen) atoms. The molecule has 4 atom stereocenters. The summed E-state index contributed by atoms with van der Waals surface area (Å²) in [5.41, 5.74) is -0.401. The number of aromatic amines is 1. The van der Waals surface area contributed by atoms with Gasteiger partial charge in [0.2, 0.25) is 10.4 Å². The first-order valence-corrected chi connectivity index (χ1v) is 15.7. The van der Waals surface area contributed by atoms with Gasteiger partial charge in [-0.3, -0.25) is 13.5 Å². The summed E-state index contributed by atoms with van der Waals surface area (Å²) in [7, 11) is -4.96. The SMILES string of the molecule is CCCC[N+](CCCC)(CCCC)CCCC.O=c1[nH]cnc2c1ncn2C1OC(COS(=O)(=O)[O-])C(O)C1O. The van der Waals surface area contributed by atoms with E-state index in [0.717, 1.165) is 6.33 Å². The molecule has 3 N–H and O–H groups in total. The van der Waals surface area contributed by atoms with Crippen molar-refractivity contribution in [2.24, 2.45) is 0 Å². The lowest BCUT2D eigenvalue weighted by Crippen LogP contribution is -2.50. The molecule has 0 aliphatic carbocycles. The van der Waals surface area contributed by atoms with Crippen LogP contribution >= 0.6 is 0 Å². The van der Waals surface area contributed by atoms with Gasteiger partial charge in [-0.1, -0.05) is 53.4 Å². The van der Waals surface area contributed by atoms with Crippen LogP contribution in [0.2, 0.25) is 0 Å². The van der Waals surface area contributed by atoms with E-state index in [1.54, 1.807) is 0 Å². The fourth-order valence-corrected chi connectivity index (χ4v) is 5.24. The first-order chi connectivity index (χ1) is 19.0. The highest BCUT2D eigenvalue weighted by Crippen LogP contribution is 2.31. The molecule has 0 amide bonds. The Hall–Kier alpha value is -1.94. The third-order valence-corrected chi connectivity index (χ3v) is 7.72. The number of aliphatic hydroxyl groups excluding tert-OH is 2. The van der Waals surface area contributed by atoms with Gasteiger partial charge < -0.3 is 29.0 Å². The largest absolute Gasteiger partial charge is 0.726 e. The highest BCUT2D eigenvalue weighted by molar-refractivity contribution is 7.80. The lowest BCUT2D eigenvalue weighted by molar-refractivity contribution is -0.929. The Kier molecular flexibility index (Phi) is 14.1. The quantitative estimate of drug-likeness (QED) is 0.149. The molecule has 2 aromatic heterocycles. The lowest BCUT2D eigenvalue weighted by atomic mass is 10.1. The second kappa shape index (κ2) is 16.5. The molecule has 1 saturated heterocycles. The first-order valence-electron chi connectivity index (χ1n) is 14.4. The van der Waals surface area contributed by atoms with E-state index in [4.69, 9.17) is 4.74 Å². The maximum absolute atomic E-state index is 11.6. The summed E-state index contributed by atoms with van der Waals surface area (Å²) < 4.78 is 43.4. The zero-order chi connectivity index (χ0) is 29.8. The van der Waals surface area contributed by atoms with Crippen molar-refractivity contribution in [2.45, 2.75) is 104 Å². The van der Waals surface area contributed by atoms with Crippen LogP contribution in [-0.4, -0.2) is 98.3 Å². The monoisotopic (exact) mass is 589 g/mol. The summed E-state index contributed by atoms with van der Waals surface area (Å²) in [6, 6.07) is 0. The van der Waals surface area contributed by atoms with Gasteiger partial charge in [0, 0.05) is 0 Å². The van der Waals surface area contributed by atoms with Gasteiger partial charge >= 0.3 is 0 Å². The number of nitrogens with one attached hydrogen (secondary N) is 1. The van der Waals surface area contributed by atoms with E-state index in [2.05, 4.69) is 46.8 Å². The molecule has 0 bridgehead atoms. The average molecular weight is 590 g/mol. The molecule has 230 valence electrons. The number of nitrogens with zero attached hydrogens (tertiary/aromatic N) is 4. The number of hydrogen-bond acceptors (Lipinski definition) is 10. The summed E-state index contributed by atoms with van der Waals surface area (Å²) in [5.74, 6) is 0. The van der Waals surface area contributed by atoms with Crippen LogP contribution in [0.4, 0.5) is 0 Å². The van der Waals surface area contributed by atoms with Crippen molar-refractivity contribution in [1.29, 1.82) is 0 Å². The van der Waals surface area contributed by atoms with Gasteiger partial charge in [-0.25, -0.2) is 18.4 Å². The zero-order valence-corrected chi connectivity index (χ0v) is 25.0. The van der Waals surface area contributed by atoms with Gasteiger partial charge in [0.05, 0.1) is 45.4 Å². The number of unbranched alkanes of at least 4 members (excludes halogenated alkanes) is 4. The van der Waals surface area contributed by atoms with E-state index >= 15 is 0 Å². The molecule has 0 aromatic carbocycles. The van der Waals surface area contributed by atoms with Gasteiger partial charge in [-0.15, -0.1) is 0 Å². The van der Waals surface area contributed by atoms with Gasteiger partial charge in [-0.05, 0) is 25.7 Å². The first kappa shape index (κ1) is 34.3. The molecule has 1 aliphatic rings. The minimum atomic E-state index is -4.96. The minimum Gasteiger partial charge on any atom is -0.726 e. The molecular weight excluding hydrogens is 542 g/mol. The van der Waals surface area contributed by atoms with Crippen molar-refractivity contribution in [3.8, 4) is 0 Å². The Balaban J connectivity index is 0.000000296. The van der Waals surface area contributed by atoms with E-state index in [1.165, 1.54) is 92.9 Å². The number of quaternary nitrogens is 1. The van der Waals surface area contributed by atoms with E-state index < -0.39 is 47.1 Å². The number of aromatic nitrogens is 4. The van der Waals surface area contributed by atoms with Crippen LogP contribution in [0.25, 0.3) is 11.2 Å². The van der Waals surface area contributed by atoms with Crippen LogP contribution in [0.3, 0.4) is 0 Å². The maximum atomic E-state index is 11.6. The predicted octanol–water partition coefficient (Wildman–Crippen LogP) is 2.22. The fraction of sp³-hybridized carbons (Fsp3) is 0.808. The number of rotatable bonds is 16. The van der Waals surface area contributed by atoms with Crippen LogP contribution in [0.1, 0.15) is 85.3 Å². The summed E-state index contributed by atoms with van der Waals surface area (Å²) in [5, 5.41) is 19.9. The molecule has 3 rings (SSSR count). The van der Waals surface area contributed by atoms with Crippen LogP contribution in [0.15, 0.2) is 17.4 Å². The van der Waals surface area contributed by atoms with E-state index in [9.17, 15) is 28.0 Å². The standard InChI is InChI=1S/C16H36N.C10H12N4O8S/c1-5-9-13-17(14-10-6-2,15-11-7-3)16-12-8-4;15-6-4(1-21-23(18,19)20)22-10(7(6)16)14-3-13-5-8(14)11-2-12-9(5)17/h5-16H2,1-4H3;2-4,6-7,10,15-16H,1H2,(H,11,12,17)(H,18,19,20)/q+1;/p-1. The Morgan fingerprint density at radius 1 is 0.975 bits per heavy atom. The number of H-pyrrole nitrogens is 1. The van der Waals surface area contributed by atoms with Crippen molar-refractivity contribution < 1.29 is 36.6 Å². The van der Waals surface area contributed by atoms with E-state index in [0.29, 0.717) is 0 Å². The number of hydrogen-bond donors (Lipinski definition) is 3. The number of imidazole rings is 1. The second-order valence-corrected chi connectivity index (χ2v) is 11.5. The lowest BCUT2D eigenvalue weighted by Gasteiger charge is -2.39. The molecule has 2 aromatic rings. The van der Waals surface area contributed by atoms with Crippen LogP contribution in [-0.2, 0) is 19.3 Å². The Labute approximate surface area is 237 Å². The van der Waals surface area contributed by atoms with E-state index in [-0.39, 0.29) is 11.2 Å². The fourth-order valence-electron chi connectivity index (χ4n) is 4.94. The molecule has 14 heteroatoms.